The third-order valence-corrected chi connectivity index (χ3v) is 5.10. The Labute approximate surface area is 169 Å². The number of amides is 1. The first-order valence-corrected chi connectivity index (χ1v) is 10.3. The molecule has 6 heteroatoms. The van der Waals surface area contributed by atoms with Gasteiger partial charge in [-0.2, -0.15) is 0 Å². The van der Waals surface area contributed by atoms with Crippen LogP contribution in [0.5, 0.6) is 5.75 Å². The predicted molar refractivity (Wildman–Crippen MR) is 115 cm³/mol. The van der Waals surface area contributed by atoms with E-state index in [-0.39, 0.29) is 12.3 Å². The molecule has 0 bridgehead atoms. The molecule has 1 amide bonds. The van der Waals surface area contributed by atoms with E-state index in [1.807, 2.05) is 60.8 Å². The summed E-state index contributed by atoms with van der Waals surface area (Å²) >= 11 is 1.54. The van der Waals surface area contributed by atoms with Crippen molar-refractivity contribution in [2.45, 2.75) is 26.8 Å². The predicted octanol–water partition coefficient (Wildman–Crippen LogP) is 4.50. The second-order valence-corrected chi connectivity index (χ2v) is 7.12. The van der Waals surface area contributed by atoms with Gasteiger partial charge in [-0.25, -0.2) is 4.98 Å². The Hall–Kier alpha value is -2.70. The van der Waals surface area contributed by atoms with Gasteiger partial charge in [-0.15, -0.1) is 11.3 Å². The number of hydrogen-bond donors (Lipinski definition) is 2. The van der Waals surface area contributed by atoms with Crippen LogP contribution < -0.4 is 15.4 Å². The SMILES string of the molecule is CCNCc1ccccc1NC(=O)Cc1csc(-c2ccc(OCC)cc2)n1. The zero-order valence-corrected chi connectivity index (χ0v) is 17.0. The van der Waals surface area contributed by atoms with Crippen molar-refractivity contribution in [2.75, 3.05) is 18.5 Å². The number of thiazole rings is 1. The molecule has 1 aromatic heterocycles. The first-order chi connectivity index (χ1) is 13.7. The number of aromatic nitrogens is 1. The van der Waals surface area contributed by atoms with Crippen molar-refractivity contribution in [3.8, 4) is 16.3 Å². The van der Waals surface area contributed by atoms with Crippen molar-refractivity contribution in [2.24, 2.45) is 0 Å². The molecular formula is C22H25N3O2S. The summed E-state index contributed by atoms with van der Waals surface area (Å²) in [6.07, 6.45) is 0.253. The summed E-state index contributed by atoms with van der Waals surface area (Å²) in [5.41, 5.74) is 3.72. The molecule has 0 aliphatic rings. The lowest BCUT2D eigenvalue weighted by Gasteiger charge is -2.11. The van der Waals surface area contributed by atoms with Gasteiger partial charge in [0.05, 0.1) is 18.7 Å². The minimum absolute atomic E-state index is 0.0625. The third-order valence-electron chi connectivity index (χ3n) is 4.16. The van der Waals surface area contributed by atoms with Gasteiger partial charge in [0, 0.05) is 23.2 Å². The highest BCUT2D eigenvalue weighted by molar-refractivity contribution is 7.13. The maximum Gasteiger partial charge on any atom is 0.230 e. The Morgan fingerprint density at radius 1 is 1.11 bits per heavy atom. The van der Waals surface area contributed by atoms with Crippen LogP contribution in [0.4, 0.5) is 5.69 Å². The van der Waals surface area contributed by atoms with Crippen LogP contribution in [0, 0.1) is 0 Å². The van der Waals surface area contributed by atoms with Crippen LogP contribution in [0.1, 0.15) is 25.1 Å². The van der Waals surface area contributed by atoms with Crippen molar-refractivity contribution in [3.05, 3.63) is 65.2 Å². The average Bonchev–Trinajstić information content (AvgIpc) is 3.16. The summed E-state index contributed by atoms with van der Waals surface area (Å²) in [6, 6.07) is 15.7. The fourth-order valence-electron chi connectivity index (χ4n) is 2.80. The first-order valence-electron chi connectivity index (χ1n) is 9.45. The normalized spacial score (nSPS) is 10.6. The lowest BCUT2D eigenvalue weighted by Crippen LogP contribution is -2.18. The van der Waals surface area contributed by atoms with Gasteiger partial charge in [-0.05, 0) is 49.4 Å². The second kappa shape index (κ2) is 10.0. The maximum absolute atomic E-state index is 12.5. The second-order valence-electron chi connectivity index (χ2n) is 6.26. The van der Waals surface area contributed by atoms with Crippen LogP contribution in [-0.4, -0.2) is 24.0 Å². The molecule has 1 heterocycles. The van der Waals surface area contributed by atoms with Crippen LogP contribution >= 0.6 is 11.3 Å². The van der Waals surface area contributed by atoms with Gasteiger partial charge in [0.1, 0.15) is 10.8 Å². The first kappa shape index (κ1) is 20.0. The van der Waals surface area contributed by atoms with Gasteiger partial charge in [-0.1, -0.05) is 25.1 Å². The highest BCUT2D eigenvalue weighted by Crippen LogP contribution is 2.26. The summed E-state index contributed by atoms with van der Waals surface area (Å²) in [4.78, 5) is 17.1. The van der Waals surface area contributed by atoms with Crippen molar-refractivity contribution >= 4 is 22.9 Å². The van der Waals surface area contributed by atoms with E-state index in [4.69, 9.17) is 4.74 Å². The molecule has 0 atom stereocenters. The Bertz CT molecular complexity index is 906. The molecule has 3 rings (SSSR count). The maximum atomic E-state index is 12.5. The van der Waals surface area contributed by atoms with Crippen LogP contribution in [0.2, 0.25) is 0 Å². The molecule has 0 aliphatic carbocycles. The van der Waals surface area contributed by atoms with E-state index in [2.05, 4.69) is 22.5 Å². The summed E-state index contributed by atoms with van der Waals surface area (Å²) in [7, 11) is 0. The van der Waals surface area contributed by atoms with Crippen LogP contribution in [0.25, 0.3) is 10.6 Å². The molecule has 28 heavy (non-hydrogen) atoms. The lowest BCUT2D eigenvalue weighted by atomic mass is 10.1. The largest absolute Gasteiger partial charge is 0.494 e. The third kappa shape index (κ3) is 5.41. The fraction of sp³-hybridized carbons (Fsp3) is 0.273. The monoisotopic (exact) mass is 395 g/mol. The standard InChI is InChI=1S/C22H25N3O2S/c1-3-23-14-17-7-5-6-8-20(17)25-21(26)13-18-15-28-22(24-18)16-9-11-19(12-10-16)27-4-2/h5-12,15,23H,3-4,13-14H2,1-2H3,(H,25,26). The minimum atomic E-state index is -0.0625. The van der Waals surface area contributed by atoms with Gasteiger partial charge >= 0.3 is 0 Å². The number of nitrogens with one attached hydrogen (secondary N) is 2. The lowest BCUT2D eigenvalue weighted by molar-refractivity contribution is -0.115. The van der Waals surface area contributed by atoms with Crippen LogP contribution in [0.3, 0.4) is 0 Å². The van der Waals surface area contributed by atoms with Crippen molar-refractivity contribution in [1.29, 1.82) is 0 Å². The van der Waals surface area contributed by atoms with Crippen molar-refractivity contribution < 1.29 is 9.53 Å². The van der Waals surface area contributed by atoms with Crippen molar-refractivity contribution in [1.82, 2.24) is 10.3 Å². The number of para-hydroxylation sites is 1. The van der Waals surface area contributed by atoms with Gasteiger partial charge in [-0.3, -0.25) is 4.79 Å². The molecule has 0 fully saturated rings. The Balaban J connectivity index is 1.63. The van der Waals surface area contributed by atoms with Gasteiger partial charge in [0.2, 0.25) is 5.91 Å². The molecule has 2 aromatic carbocycles. The fourth-order valence-corrected chi connectivity index (χ4v) is 3.62. The Morgan fingerprint density at radius 3 is 2.64 bits per heavy atom. The number of carbonyl (C=O) groups excluding carboxylic acids is 1. The van der Waals surface area contributed by atoms with Gasteiger partial charge < -0.3 is 15.4 Å². The van der Waals surface area contributed by atoms with E-state index >= 15 is 0 Å². The molecule has 0 saturated heterocycles. The van der Waals surface area contributed by atoms with E-state index in [0.29, 0.717) is 6.61 Å². The Morgan fingerprint density at radius 2 is 1.89 bits per heavy atom. The number of carbonyl (C=O) groups is 1. The molecule has 0 spiro atoms. The average molecular weight is 396 g/mol. The molecule has 0 aliphatic heterocycles. The number of anilines is 1. The molecule has 0 saturated carbocycles. The van der Waals surface area contributed by atoms with E-state index in [1.165, 1.54) is 0 Å². The molecule has 3 aromatic rings. The molecule has 5 nitrogen and oxygen atoms in total. The molecule has 146 valence electrons. The zero-order valence-electron chi connectivity index (χ0n) is 16.2. The Kier molecular flexibility index (Phi) is 7.17. The zero-order chi connectivity index (χ0) is 19.8. The van der Waals surface area contributed by atoms with Crippen LogP contribution in [-0.2, 0) is 17.8 Å². The van der Waals surface area contributed by atoms with Crippen LogP contribution in [0.15, 0.2) is 53.9 Å². The molecule has 0 radical (unpaired) electrons. The van der Waals surface area contributed by atoms with Gasteiger partial charge in [0.15, 0.2) is 0 Å². The van der Waals surface area contributed by atoms with Gasteiger partial charge in [0.25, 0.3) is 0 Å². The highest BCUT2D eigenvalue weighted by atomic mass is 32.1. The number of rotatable bonds is 9. The number of benzene rings is 2. The summed E-state index contributed by atoms with van der Waals surface area (Å²) in [6.45, 7) is 6.28. The van der Waals surface area contributed by atoms with E-state index in [0.717, 1.165) is 46.4 Å². The van der Waals surface area contributed by atoms with E-state index in [1.54, 1.807) is 11.3 Å². The highest BCUT2D eigenvalue weighted by Gasteiger charge is 2.11. The quantitative estimate of drug-likeness (QED) is 0.560. The molecule has 0 unspecified atom stereocenters. The summed E-state index contributed by atoms with van der Waals surface area (Å²) in [5, 5.41) is 9.14. The molecule has 2 N–H and O–H groups in total. The molecular weight excluding hydrogens is 370 g/mol. The minimum Gasteiger partial charge on any atom is -0.494 e. The van der Waals surface area contributed by atoms with Crippen molar-refractivity contribution in [3.63, 3.8) is 0 Å². The van der Waals surface area contributed by atoms with E-state index in [9.17, 15) is 4.79 Å². The smallest absolute Gasteiger partial charge is 0.230 e. The summed E-state index contributed by atoms with van der Waals surface area (Å²) < 4.78 is 5.47. The number of hydrogen-bond acceptors (Lipinski definition) is 5. The van der Waals surface area contributed by atoms with E-state index < -0.39 is 0 Å². The number of nitrogens with zero attached hydrogens (tertiary/aromatic N) is 1. The topological polar surface area (TPSA) is 63.2 Å². The number of ether oxygens (including phenoxy) is 1. The summed E-state index contributed by atoms with van der Waals surface area (Å²) in [5.74, 6) is 0.783.